The second kappa shape index (κ2) is 43.9. The molecule has 0 saturated heterocycles. The number of likely N-dealkylation sites (N-methyl/N-ethyl adjacent to an activating group) is 1. The number of allylic oxidation sites excluding steroid dienone is 5. The summed E-state index contributed by atoms with van der Waals surface area (Å²) in [6.07, 6.45) is 54.9. The van der Waals surface area contributed by atoms with Gasteiger partial charge in [-0.2, -0.15) is 0 Å². The topological polar surface area (TPSA) is 108 Å². The van der Waals surface area contributed by atoms with Crippen LogP contribution < -0.4 is 10.2 Å². The van der Waals surface area contributed by atoms with Gasteiger partial charge >= 0.3 is 0 Å². The van der Waals surface area contributed by atoms with Crippen molar-refractivity contribution in [3.8, 4) is 0 Å². The third-order valence-electron chi connectivity index (χ3n) is 11.6. The van der Waals surface area contributed by atoms with E-state index in [0.717, 1.165) is 44.9 Å². The number of carbonyl (C=O) groups is 1. The molecule has 8 nitrogen and oxygen atoms in total. The van der Waals surface area contributed by atoms with Crippen LogP contribution in [0.1, 0.15) is 239 Å². The van der Waals surface area contributed by atoms with Crippen LogP contribution in [0.3, 0.4) is 0 Å². The highest BCUT2D eigenvalue weighted by Crippen LogP contribution is 2.38. The second-order valence-electron chi connectivity index (χ2n) is 18.9. The third kappa shape index (κ3) is 46.5. The molecule has 0 bridgehead atoms. The predicted molar refractivity (Wildman–Crippen MR) is 261 cm³/mol. The fourth-order valence-corrected chi connectivity index (χ4v) is 8.20. The number of hydrogen-bond donors (Lipinski definition) is 2. The van der Waals surface area contributed by atoms with Crippen LogP contribution in [0.15, 0.2) is 36.5 Å². The van der Waals surface area contributed by atoms with Gasteiger partial charge in [0.1, 0.15) is 13.2 Å². The number of aliphatic hydroxyl groups is 1. The minimum absolute atomic E-state index is 0.00764. The summed E-state index contributed by atoms with van der Waals surface area (Å²) in [6, 6.07) is -0.906. The first-order valence-electron chi connectivity index (χ1n) is 25.9. The van der Waals surface area contributed by atoms with Crippen LogP contribution in [0, 0.1) is 0 Å². The molecule has 0 radical (unpaired) electrons. The van der Waals surface area contributed by atoms with Crippen LogP contribution in [-0.2, 0) is 18.4 Å². The number of aliphatic hydroxyl groups excluding tert-OH is 1. The fraction of sp³-hybridized carbons (Fsp3) is 0.865. The summed E-state index contributed by atoms with van der Waals surface area (Å²) < 4.78 is 23.2. The van der Waals surface area contributed by atoms with Crippen molar-refractivity contribution in [1.29, 1.82) is 0 Å². The van der Waals surface area contributed by atoms with Crippen molar-refractivity contribution in [3.05, 3.63) is 36.5 Å². The molecule has 1 amide bonds. The molecular weight excluding hydrogens is 780 g/mol. The number of carbonyl (C=O) groups excluding carboxylic acids is 1. The van der Waals surface area contributed by atoms with E-state index in [1.165, 1.54) is 173 Å². The number of rotatable bonds is 47. The highest BCUT2D eigenvalue weighted by molar-refractivity contribution is 7.45. The molecule has 61 heavy (non-hydrogen) atoms. The van der Waals surface area contributed by atoms with Crippen molar-refractivity contribution in [3.63, 3.8) is 0 Å². The molecule has 0 fully saturated rings. The average Bonchev–Trinajstić information content (AvgIpc) is 3.21. The molecule has 9 heteroatoms. The summed E-state index contributed by atoms with van der Waals surface area (Å²) in [4.78, 5) is 25.4. The van der Waals surface area contributed by atoms with E-state index in [2.05, 4.69) is 43.5 Å². The lowest BCUT2D eigenvalue weighted by Gasteiger charge is -2.29. The summed E-state index contributed by atoms with van der Waals surface area (Å²) in [5.74, 6) is -0.208. The van der Waals surface area contributed by atoms with E-state index in [4.69, 9.17) is 9.05 Å². The molecule has 0 aliphatic rings. The van der Waals surface area contributed by atoms with Gasteiger partial charge in [-0.1, -0.05) is 224 Å². The van der Waals surface area contributed by atoms with Crippen molar-refractivity contribution in [2.24, 2.45) is 0 Å². The fourth-order valence-electron chi connectivity index (χ4n) is 7.48. The van der Waals surface area contributed by atoms with Gasteiger partial charge in [-0.15, -0.1) is 0 Å². The molecule has 0 rings (SSSR count). The zero-order chi connectivity index (χ0) is 45.0. The molecule has 0 aromatic heterocycles. The molecule has 0 heterocycles. The first-order valence-corrected chi connectivity index (χ1v) is 27.3. The maximum atomic E-state index is 12.9. The van der Waals surface area contributed by atoms with Crippen molar-refractivity contribution < 1.29 is 32.9 Å². The normalized spacial score (nSPS) is 14.4. The van der Waals surface area contributed by atoms with Crippen molar-refractivity contribution in [1.82, 2.24) is 5.32 Å². The zero-order valence-electron chi connectivity index (χ0n) is 40.9. The Hall–Kier alpha value is -1.28. The number of unbranched alkanes of at least 4 members (excludes halogenated alkanes) is 30. The number of phosphoric acid groups is 1. The Bertz CT molecular complexity index is 1090. The Morgan fingerprint density at radius 1 is 0.557 bits per heavy atom. The summed E-state index contributed by atoms with van der Waals surface area (Å²) in [5, 5.41) is 13.8. The van der Waals surface area contributed by atoms with E-state index in [0.29, 0.717) is 17.4 Å². The Balaban J connectivity index is 4.29. The summed E-state index contributed by atoms with van der Waals surface area (Å²) in [5.41, 5.74) is 0. The zero-order valence-corrected chi connectivity index (χ0v) is 41.8. The molecule has 0 aromatic rings. The molecule has 3 atom stereocenters. The van der Waals surface area contributed by atoms with Crippen molar-refractivity contribution in [2.75, 3.05) is 40.9 Å². The maximum Gasteiger partial charge on any atom is 0.268 e. The number of amides is 1. The highest BCUT2D eigenvalue weighted by atomic mass is 31.2. The van der Waals surface area contributed by atoms with E-state index >= 15 is 0 Å². The standard InChI is InChI=1S/C52H101N2O6P/c1-6-8-10-12-14-16-18-20-22-24-25-26-27-28-29-30-32-34-36-38-40-42-44-46-52(56)53-50(49-60-61(57,58)59-48-47-54(3,4)5)51(55)45-43-41-39-37-35-33-31-23-21-19-17-15-13-11-9-7-2/h21,23,35,37,43,45,50-51,55H,6-20,22,24-34,36,38-42,44,46-49H2,1-5H3,(H-,53,56,57,58)/b23-21+,37-35+,45-43+. The van der Waals surface area contributed by atoms with Gasteiger partial charge in [-0.25, -0.2) is 0 Å². The minimum atomic E-state index is -4.60. The molecule has 360 valence electrons. The molecule has 2 N–H and O–H groups in total. The molecule has 0 spiro atoms. The average molecular weight is 881 g/mol. The SMILES string of the molecule is CCCCCCCC/C=C/CC/C=C/CC/C=C/C(O)C(COP(=O)([O-])OCC[N+](C)(C)C)NC(=O)CCCCCCCCCCCCCCCCCCCCCCCCC. The molecule has 3 unspecified atom stereocenters. The quantitative estimate of drug-likeness (QED) is 0.0273. The van der Waals surface area contributed by atoms with Gasteiger partial charge in [0.2, 0.25) is 5.91 Å². The third-order valence-corrected chi connectivity index (χ3v) is 12.5. The lowest BCUT2D eigenvalue weighted by atomic mass is 10.0. The Labute approximate surface area is 378 Å². The predicted octanol–water partition coefficient (Wildman–Crippen LogP) is 14.4. The summed E-state index contributed by atoms with van der Waals surface area (Å²) in [6.45, 7) is 4.63. The van der Waals surface area contributed by atoms with Crippen molar-refractivity contribution in [2.45, 2.75) is 251 Å². The first kappa shape index (κ1) is 59.7. The van der Waals surface area contributed by atoms with Gasteiger partial charge < -0.3 is 28.8 Å². The Morgan fingerprint density at radius 2 is 0.918 bits per heavy atom. The second-order valence-corrected chi connectivity index (χ2v) is 20.3. The van der Waals surface area contributed by atoms with E-state index in [1.807, 2.05) is 27.2 Å². The van der Waals surface area contributed by atoms with E-state index in [1.54, 1.807) is 6.08 Å². The van der Waals surface area contributed by atoms with Crippen LogP contribution in [0.4, 0.5) is 0 Å². The minimum Gasteiger partial charge on any atom is -0.756 e. The van der Waals surface area contributed by atoms with Gasteiger partial charge in [0.05, 0.1) is 39.9 Å². The molecule has 0 aromatic carbocycles. The van der Waals surface area contributed by atoms with Gasteiger partial charge in [0.25, 0.3) is 7.82 Å². The van der Waals surface area contributed by atoms with Crippen LogP contribution in [0.2, 0.25) is 0 Å². The molecule has 0 aliphatic carbocycles. The maximum absolute atomic E-state index is 12.9. The van der Waals surface area contributed by atoms with Crippen LogP contribution in [0.25, 0.3) is 0 Å². The first-order chi connectivity index (χ1) is 29.5. The molecular formula is C52H101N2O6P. The lowest BCUT2D eigenvalue weighted by Crippen LogP contribution is -2.45. The van der Waals surface area contributed by atoms with Crippen LogP contribution >= 0.6 is 7.82 Å². The van der Waals surface area contributed by atoms with E-state index < -0.39 is 26.6 Å². The van der Waals surface area contributed by atoms with Crippen molar-refractivity contribution >= 4 is 13.7 Å². The summed E-state index contributed by atoms with van der Waals surface area (Å²) >= 11 is 0. The highest BCUT2D eigenvalue weighted by Gasteiger charge is 2.23. The number of phosphoric ester groups is 1. The smallest absolute Gasteiger partial charge is 0.268 e. The lowest BCUT2D eigenvalue weighted by molar-refractivity contribution is -0.870. The molecule has 0 saturated carbocycles. The number of quaternary nitrogens is 1. The van der Waals surface area contributed by atoms with E-state index in [9.17, 15) is 19.4 Å². The van der Waals surface area contributed by atoms with Gasteiger partial charge in [0.15, 0.2) is 0 Å². The number of hydrogen-bond acceptors (Lipinski definition) is 6. The van der Waals surface area contributed by atoms with Crippen LogP contribution in [-0.4, -0.2) is 68.5 Å². The Kier molecular flexibility index (Phi) is 43.0. The largest absolute Gasteiger partial charge is 0.756 e. The Morgan fingerprint density at radius 3 is 1.33 bits per heavy atom. The monoisotopic (exact) mass is 881 g/mol. The summed E-state index contributed by atoms with van der Waals surface area (Å²) in [7, 11) is 1.24. The van der Waals surface area contributed by atoms with Gasteiger partial charge in [-0.05, 0) is 44.9 Å². The van der Waals surface area contributed by atoms with Gasteiger partial charge in [-0.3, -0.25) is 9.36 Å². The number of nitrogens with one attached hydrogen (secondary N) is 1. The molecule has 0 aliphatic heterocycles. The van der Waals surface area contributed by atoms with Gasteiger partial charge in [0, 0.05) is 6.42 Å². The number of nitrogens with zero attached hydrogens (tertiary/aromatic N) is 1. The van der Waals surface area contributed by atoms with E-state index in [-0.39, 0.29) is 12.5 Å². The van der Waals surface area contributed by atoms with Crippen LogP contribution in [0.5, 0.6) is 0 Å².